The van der Waals surface area contributed by atoms with E-state index in [1.807, 2.05) is 43.3 Å². The number of benzene rings is 2. The van der Waals surface area contributed by atoms with Crippen molar-refractivity contribution in [2.75, 3.05) is 6.54 Å². The van der Waals surface area contributed by atoms with Crippen LogP contribution >= 0.6 is 11.6 Å². The average Bonchev–Trinajstić information content (AvgIpc) is 3.02. The van der Waals surface area contributed by atoms with Crippen molar-refractivity contribution in [3.05, 3.63) is 52.5 Å². The molecule has 0 radical (unpaired) electrons. The lowest BCUT2D eigenvalue weighted by atomic mass is 9.96. The minimum absolute atomic E-state index is 0.0100. The maximum Gasteiger partial charge on any atom is 0.219 e. The zero-order chi connectivity index (χ0) is 17.1. The summed E-state index contributed by atoms with van der Waals surface area (Å²) in [5.74, 6) is 0.879. The maximum absolute atomic E-state index is 11.6. The van der Waals surface area contributed by atoms with Crippen molar-refractivity contribution in [1.29, 1.82) is 0 Å². The molecule has 1 heterocycles. The van der Waals surface area contributed by atoms with Crippen LogP contribution in [0.2, 0.25) is 5.02 Å². The van der Waals surface area contributed by atoms with Gasteiger partial charge in [0, 0.05) is 36.5 Å². The highest BCUT2D eigenvalue weighted by molar-refractivity contribution is 6.31. The summed E-state index contributed by atoms with van der Waals surface area (Å²) >= 11 is 6.32. The first-order valence-corrected chi connectivity index (χ1v) is 8.54. The number of nitrogens with one attached hydrogen (secondary N) is 1. The van der Waals surface area contributed by atoms with E-state index in [1.54, 1.807) is 0 Å². The second-order valence-electron chi connectivity index (χ2n) is 5.91. The Morgan fingerprint density at radius 1 is 1.33 bits per heavy atom. The molecule has 2 aromatic carbocycles. The minimum atomic E-state index is -0.0100. The highest BCUT2D eigenvalue weighted by atomic mass is 35.5. The van der Waals surface area contributed by atoms with Crippen LogP contribution in [0.3, 0.4) is 0 Å². The largest absolute Gasteiger partial charge is 0.488 e. The number of hydrogen-bond donors (Lipinski definition) is 2. The molecule has 126 valence electrons. The Bertz CT molecular complexity index is 761. The van der Waals surface area contributed by atoms with Gasteiger partial charge in [-0.3, -0.25) is 4.79 Å². The summed E-state index contributed by atoms with van der Waals surface area (Å²) in [5, 5.41) is 3.61. The summed E-state index contributed by atoms with van der Waals surface area (Å²) in [7, 11) is 0. The number of hydrogen-bond acceptors (Lipinski definition) is 3. The lowest BCUT2D eigenvalue weighted by Crippen LogP contribution is -2.24. The number of fused-ring (bicyclic) bond motifs is 1. The fraction of sp³-hybridized carbons (Fsp3) is 0.316. The first-order valence-electron chi connectivity index (χ1n) is 8.16. The van der Waals surface area contributed by atoms with Crippen LogP contribution in [0.15, 0.2) is 36.4 Å². The molecule has 0 aliphatic carbocycles. The number of rotatable bonds is 5. The average molecular weight is 345 g/mol. The molecular weight excluding hydrogens is 324 g/mol. The lowest BCUT2D eigenvalue weighted by molar-refractivity contribution is -0.120. The van der Waals surface area contributed by atoms with Gasteiger partial charge in [0.05, 0.1) is 0 Å². The van der Waals surface area contributed by atoms with E-state index in [0.29, 0.717) is 24.5 Å². The van der Waals surface area contributed by atoms with Gasteiger partial charge < -0.3 is 15.8 Å². The van der Waals surface area contributed by atoms with Crippen molar-refractivity contribution in [3.63, 3.8) is 0 Å². The van der Waals surface area contributed by atoms with Crippen LogP contribution in [-0.2, 0) is 17.8 Å². The maximum atomic E-state index is 11.6. The van der Waals surface area contributed by atoms with Crippen molar-refractivity contribution in [2.45, 2.75) is 32.4 Å². The standard InChI is InChI=1S/C19H21ClN2O2/c1-2-18(23)22-11-12-5-3-4-6-16(12)17-9-14(20)7-13-8-15(10-21)24-19(13)17/h3-7,9,15H,2,8,10-11,21H2,1H3,(H,22,23). The number of amides is 1. The Morgan fingerprint density at radius 3 is 2.88 bits per heavy atom. The number of nitrogens with two attached hydrogens (primary N) is 1. The zero-order valence-electron chi connectivity index (χ0n) is 13.6. The molecule has 1 amide bonds. The third kappa shape index (κ3) is 3.40. The second-order valence-corrected chi connectivity index (χ2v) is 6.35. The van der Waals surface area contributed by atoms with Gasteiger partial charge in [0.25, 0.3) is 0 Å². The fourth-order valence-electron chi connectivity index (χ4n) is 2.98. The SMILES string of the molecule is CCC(=O)NCc1ccccc1-c1cc(Cl)cc2c1OC(CN)C2. The highest BCUT2D eigenvalue weighted by Crippen LogP contribution is 2.42. The van der Waals surface area contributed by atoms with Crippen LogP contribution < -0.4 is 15.8 Å². The Kier molecular flexibility index (Phi) is 5.07. The molecule has 2 aromatic rings. The van der Waals surface area contributed by atoms with E-state index in [2.05, 4.69) is 5.32 Å². The topological polar surface area (TPSA) is 64.3 Å². The lowest BCUT2D eigenvalue weighted by Gasteiger charge is -2.15. The quantitative estimate of drug-likeness (QED) is 0.874. The molecule has 0 aromatic heterocycles. The Balaban J connectivity index is 2.00. The van der Waals surface area contributed by atoms with Crippen LogP contribution in [0, 0.1) is 0 Å². The summed E-state index contributed by atoms with van der Waals surface area (Å²) in [6.07, 6.45) is 1.23. The van der Waals surface area contributed by atoms with Crippen molar-refractivity contribution in [2.24, 2.45) is 5.73 Å². The van der Waals surface area contributed by atoms with E-state index >= 15 is 0 Å². The fourth-order valence-corrected chi connectivity index (χ4v) is 3.22. The van der Waals surface area contributed by atoms with Crippen LogP contribution in [0.25, 0.3) is 11.1 Å². The Labute approximate surface area is 147 Å². The minimum Gasteiger partial charge on any atom is -0.488 e. The summed E-state index contributed by atoms with van der Waals surface area (Å²) < 4.78 is 6.03. The Hall–Kier alpha value is -2.04. The van der Waals surface area contributed by atoms with Gasteiger partial charge in [0.15, 0.2) is 0 Å². The molecule has 0 spiro atoms. The molecule has 4 nitrogen and oxygen atoms in total. The van der Waals surface area contributed by atoms with Crippen LogP contribution in [0.4, 0.5) is 0 Å². The van der Waals surface area contributed by atoms with Crippen molar-refractivity contribution in [1.82, 2.24) is 5.32 Å². The van der Waals surface area contributed by atoms with Gasteiger partial charge in [0.2, 0.25) is 5.91 Å². The van der Waals surface area contributed by atoms with Gasteiger partial charge in [-0.05, 0) is 28.8 Å². The first kappa shape index (κ1) is 16.8. The number of halogens is 1. The summed E-state index contributed by atoms with van der Waals surface area (Å²) in [6, 6.07) is 11.8. The summed E-state index contributed by atoms with van der Waals surface area (Å²) in [4.78, 5) is 11.6. The van der Waals surface area contributed by atoms with Crippen LogP contribution in [-0.4, -0.2) is 18.6 Å². The number of ether oxygens (including phenoxy) is 1. The molecule has 5 heteroatoms. The van der Waals surface area contributed by atoms with E-state index in [1.165, 1.54) is 0 Å². The first-order chi connectivity index (χ1) is 11.6. The number of carbonyl (C=O) groups is 1. The van der Waals surface area contributed by atoms with Crippen molar-refractivity contribution >= 4 is 17.5 Å². The predicted molar refractivity (Wildman–Crippen MR) is 96.2 cm³/mol. The van der Waals surface area contributed by atoms with E-state index in [0.717, 1.165) is 34.4 Å². The zero-order valence-corrected chi connectivity index (χ0v) is 14.4. The molecule has 0 saturated carbocycles. The van der Waals surface area contributed by atoms with Crippen molar-refractivity contribution < 1.29 is 9.53 Å². The third-order valence-corrected chi connectivity index (χ3v) is 4.45. The summed E-state index contributed by atoms with van der Waals surface area (Å²) in [6.45, 7) is 2.79. The molecule has 1 unspecified atom stereocenters. The molecule has 1 aliphatic heterocycles. The normalized spacial score (nSPS) is 15.7. The molecule has 3 N–H and O–H groups in total. The Morgan fingerprint density at radius 2 is 2.12 bits per heavy atom. The molecule has 0 saturated heterocycles. The van der Waals surface area contributed by atoms with Gasteiger partial charge in [-0.15, -0.1) is 0 Å². The smallest absolute Gasteiger partial charge is 0.219 e. The molecule has 3 rings (SSSR count). The van der Waals surface area contributed by atoms with Crippen LogP contribution in [0.1, 0.15) is 24.5 Å². The van der Waals surface area contributed by atoms with Crippen LogP contribution in [0.5, 0.6) is 5.75 Å². The van der Waals surface area contributed by atoms with Gasteiger partial charge >= 0.3 is 0 Å². The van der Waals surface area contributed by atoms with Crippen molar-refractivity contribution in [3.8, 4) is 16.9 Å². The molecule has 1 atom stereocenters. The van der Waals surface area contributed by atoms with E-state index in [9.17, 15) is 4.79 Å². The van der Waals surface area contributed by atoms with Gasteiger partial charge in [-0.25, -0.2) is 0 Å². The molecule has 0 fully saturated rings. The number of carbonyl (C=O) groups excluding carboxylic acids is 1. The monoisotopic (exact) mass is 344 g/mol. The van der Waals surface area contributed by atoms with Gasteiger partial charge in [-0.2, -0.15) is 0 Å². The van der Waals surface area contributed by atoms with E-state index < -0.39 is 0 Å². The summed E-state index contributed by atoms with van der Waals surface area (Å²) in [5.41, 5.74) is 9.85. The highest BCUT2D eigenvalue weighted by Gasteiger charge is 2.26. The van der Waals surface area contributed by atoms with Gasteiger partial charge in [-0.1, -0.05) is 42.8 Å². The van der Waals surface area contributed by atoms with Gasteiger partial charge in [0.1, 0.15) is 11.9 Å². The molecular formula is C19H21ClN2O2. The third-order valence-electron chi connectivity index (χ3n) is 4.23. The molecule has 0 bridgehead atoms. The van der Waals surface area contributed by atoms with E-state index in [4.69, 9.17) is 22.1 Å². The molecule has 24 heavy (non-hydrogen) atoms. The molecule has 1 aliphatic rings. The second kappa shape index (κ2) is 7.24. The van der Waals surface area contributed by atoms with E-state index in [-0.39, 0.29) is 12.0 Å². The predicted octanol–water partition coefficient (Wildman–Crippen LogP) is 3.30.